The standard InChI is InChI=1S/C12H23N3O4S2/c1-2-7(5-20)14-11(17)9(6-21)15-10(16)4-3-8(13)12(18)19/h7-9,20-21H,2-6,13H2,1H3,(H,14,17)(H,15,16)(H,18,19). The molecule has 5 N–H and O–H groups in total. The molecule has 0 heterocycles. The first-order valence-electron chi connectivity index (χ1n) is 6.65. The number of carboxylic acids is 1. The van der Waals surface area contributed by atoms with Gasteiger partial charge < -0.3 is 21.5 Å². The summed E-state index contributed by atoms with van der Waals surface area (Å²) in [5.74, 6) is -1.28. The zero-order valence-electron chi connectivity index (χ0n) is 11.9. The predicted octanol–water partition coefficient (Wildman–Crippen LogP) is -0.582. The van der Waals surface area contributed by atoms with Crippen molar-refractivity contribution in [3.05, 3.63) is 0 Å². The molecule has 0 saturated carbocycles. The van der Waals surface area contributed by atoms with Gasteiger partial charge in [-0.15, -0.1) is 0 Å². The van der Waals surface area contributed by atoms with Crippen LogP contribution in [0.5, 0.6) is 0 Å². The first-order valence-corrected chi connectivity index (χ1v) is 7.92. The van der Waals surface area contributed by atoms with Crippen molar-refractivity contribution >= 4 is 43.0 Å². The summed E-state index contributed by atoms with van der Waals surface area (Å²) in [5, 5.41) is 13.9. The summed E-state index contributed by atoms with van der Waals surface area (Å²) in [5.41, 5.74) is 5.31. The Morgan fingerprint density at radius 3 is 2.24 bits per heavy atom. The highest BCUT2D eigenvalue weighted by molar-refractivity contribution is 7.80. The van der Waals surface area contributed by atoms with Crippen molar-refractivity contribution in [1.29, 1.82) is 0 Å². The summed E-state index contributed by atoms with van der Waals surface area (Å²) in [6.45, 7) is 1.92. The number of amides is 2. The van der Waals surface area contributed by atoms with Gasteiger partial charge in [-0.3, -0.25) is 14.4 Å². The van der Waals surface area contributed by atoms with E-state index in [4.69, 9.17) is 10.8 Å². The highest BCUT2D eigenvalue weighted by atomic mass is 32.1. The van der Waals surface area contributed by atoms with E-state index in [0.717, 1.165) is 6.42 Å². The van der Waals surface area contributed by atoms with Crippen molar-refractivity contribution in [2.45, 2.75) is 44.3 Å². The topological polar surface area (TPSA) is 122 Å². The van der Waals surface area contributed by atoms with Crippen molar-refractivity contribution < 1.29 is 19.5 Å². The van der Waals surface area contributed by atoms with Crippen LogP contribution in [-0.2, 0) is 14.4 Å². The Morgan fingerprint density at radius 2 is 1.81 bits per heavy atom. The summed E-state index contributed by atoms with van der Waals surface area (Å²) in [6, 6.07) is -1.93. The fraction of sp³-hybridized carbons (Fsp3) is 0.750. The van der Waals surface area contributed by atoms with E-state index >= 15 is 0 Å². The van der Waals surface area contributed by atoms with Gasteiger partial charge in [-0.25, -0.2) is 0 Å². The molecule has 0 fully saturated rings. The van der Waals surface area contributed by atoms with Crippen LogP contribution in [0.15, 0.2) is 0 Å². The monoisotopic (exact) mass is 337 g/mol. The smallest absolute Gasteiger partial charge is 0.320 e. The molecular formula is C12H23N3O4S2. The van der Waals surface area contributed by atoms with Crippen LogP contribution in [-0.4, -0.2) is 52.5 Å². The second kappa shape index (κ2) is 10.7. The van der Waals surface area contributed by atoms with E-state index < -0.39 is 24.0 Å². The molecule has 0 rings (SSSR count). The second-order valence-corrected chi connectivity index (χ2v) is 5.31. The maximum Gasteiger partial charge on any atom is 0.320 e. The third kappa shape index (κ3) is 8.18. The van der Waals surface area contributed by atoms with E-state index in [0.29, 0.717) is 5.75 Å². The highest BCUT2D eigenvalue weighted by Gasteiger charge is 2.22. The number of carboxylic acid groups (broad SMARTS) is 1. The van der Waals surface area contributed by atoms with Crippen molar-refractivity contribution in [1.82, 2.24) is 10.6 Å². The molecule has 0 aromatic heterocycles. The largest absolute Gasteiger partial charge is 0.480 e. The maximum absolute atomic E-state index is 12.0. The van der Waals surface area contributed by atoms with Gasteiger partial charge in [0.25, 0.3) is 0 Å². The lowest BCUT2D eigenvalue weighted by molar-refractivity contribution is -0.138. The molecule has 0 aliphatic heterocycles. The molecule has 9 heteroatoms. The molecule has 0 bridgehead atoms. The molecule has 21 heavy (non-hydrogen) atoms. The van der Waals surface area contributed by atoms with Gasteiger partial charge in [-0.2, -0.15) is 25.3 Å². The Labute approximate surface area is 135 Å². The van der Waals surface area contributed by atoms with E-state index in [1.807, 2.05) is 6.92 Å². The normalized spacial score (nSPS) is 14.9. The Hall–Kier alpha value is -0.930. The van der Waals surface area contributed by atoms with Crippen LogP contribution in [0, 0.1) is 0 Å². The van der Waals surface area contributed by atoms with E-state index in [1.54, 1.807) is 0 Å². The Balaban J connectivity index is 4.32. The van der Waals surface area contributed by atoms with Crippen molar-refractivity contribution in [2.24, 2.45) is 5.73 Å². The molecule has 0 radical (unpaired) electrons. The molecule has 0 spiro atoms. The lowest BCUT2D eigenvalue weighted by Gasteiger charge is -2.20. The van der Waals surface area contributed by atoms with E-state index in [9.17, 15) is 14.4 Å². The Bertz CT molecular complexity index is 364. The van der Waals surface area contributed by atoms with Gasteiger partial charge in [-0.05, 0) is 12.8 Å². The average molecular weight is 337 g/mol. The van der Waals surface area contributed by atoms with E-state index in [-0.39, 0.29) is 30.5 Å². The molecule has 0 saturated heterocycles. The molecule has 3 unspecified atom stereocenters. The quantitative estimate of drug-likeness (QED) is 0.298. The van der Waals surface area contributed by atoms with Gasteiger partial charge in [0.05, 0.1) is 0 Å². The molecule has 0 aliphatic carbocycles. The molecule has 7 nitrogen and oxygen atoms in total. The van der Waals surface area contributed by atoms with Gasteiger partial charge in [0, 0.05) is 24.0 Å². The maximum atomic E-state index is 12.0. The molecular weight excluding hydrogens is 314 g/mol. The number of rotatable bonds is 10. The third-order valence-electron chi connectivity index (χ3n) is 2.89. The molecule has 0 aromatic rings. The van der Waals surface area contributed by atoms with Crippen LogP contribution in [0.2, 0.25) is 0 Å². The van der Waals surface area contributed by atoms with Crippen LogP contribution in [0.3, 0.4) is 0 Å². The zero-order valence-corrected chi connectivity index (χ0v) is 13.7. The number of hydrogen-bond donors (Lipinski definition) is 6. The van der Waals surface area contributed by atoms with Gasteiger partial charge in [0.1, 0.15) is 12.1 Å². The van der Waals surface area contributed by atoms with Crippen LogP contribution in [0.1, 0.15) is 26.2 Å². The lowest BCUT2D eigenvalue weighted by atomic mass is 10.1. The summed E-state index contributed by atoms with van der Waals surface area (Å²) in [7, 11) is 0. The van der Waals surface area contributed by atoms with Gasteiger partial charge in [-0.1, -0.05) is 6.92 Å². The lowest BCUT2D eigenvalue weighted by Crippen LogP contribution is -2.51. The summed E-state index contributed by atoms with van der Waals surface area (Å²) >= 11 is 8.16. The molecule has 3 atom stereocenters. The Kier molecular flexibility index (Phi) is 10.3. The number of thiol groups is 2. The predicted molar refractivity (Wildman–Crippen MR) is 86.7 cm³/mol. The number of nitrogens with two attached hydrogens (primary N) is 1. The van der Waals surface area contributed by atoms with Crippen LogP contribution < -0.4 is 16.4 Å². The van der Waals surface area contributed by atoms with Crippen LogP contribution >= 0.6 is 25.3 Å². The van der Waals surface area contributed by atoms with Crippen LogP contribution in [0.4, 0.5) is 0 Å². The summed E-state index contributed by atoms with van der Waals surface area (Å²) < 4.78 is 0. The van der Waals surface area contributed by atoms with Gasteiger partial charge in [0.15, 0.2) is 0 Å². The minimum atomic E-state index is -1.16. The first-order chi connectivity index (χ1) is 9.85. The number of aliphatic carboxylic acids is 1. The second-order valence-electron chi connectivity index (χ2n) is 4.58. The Morgan fingerprint density at radius 1 is 1.19 bits per heavy atom. The first kappa shape index (κ1) is 20.1. The van der Waals surface area contributed by atoms with Crippen molar-refractivity contribution in [3.8, 4) is 0 Å². The number of carbonyl (C=O) groups excluding carboxylic acids is 2. The summed E-state index contributed by atoms with van der Waals surface area (Å²) in [6.07, 6.45) is 0.682. The molecule has 122 valence electrons. The minimum absolute atomic E-state index is 0.0102. The van der Waals surface area contributed by atoms with Gasteiger partial charge in [0.2, 0.25) is 11.8 Å². The fourth-order valence-electron chi connectivity index (χ4n) is 1.45. The molecule has 0 aromatic carbocycles. The number of carbonyl (C=O) groups is 3. The number of nitrogens with one attached hydrogen (secondary N) is 2. The fourth-order valence-corrected chi connectivity index (χ4v) is 2.06. The van der Waals surface area contributed by atoms with Crippen molar-refractivity contribution in [2.75, 3.05) is 11.5 Å². The van der Waals surface area contributed by atoms with Crippen LogP contribution in [0.25, 0.3) is 0 Å². The third-order valence-corrected chi connectivity index (χ3v) is 3.70. The van der Waals surface area contributed by atoms with Gasteiger partial charge >= 0.3 is 5.97 Å². The summed E-state index contributed by atoms with van der Waals surface area (Å²) in [4.78, 5) is 34.2. The minimum Gasteiger partial charge on any atom is -0.480 e. The SMILES string of the molecule is CCC(CS)NC(=O)C(CS)NC(=O)CCC(N)C(=O)O. The average Bonchev–Trinajstić information content (AvgIpc) is 2.47. The molecule has 0 aliphatic rings. The molecule has 2 amide bonds. The van der Waals surface area contributed by atoms with E-state index in [2.05, 4.69) is 35.9 Å². The van der Waals surface area contributed by atoms with Crippen molar-refractivity contribution in [3.63, 3.8) is 0 Å². The zero-order chi connectivity index (χ0) is 16.4. The number of hydrogen-bond acceptors (Lipinski definition) is 6. The highest BCUT2D eigenvalue weighted by Crippen LogP contribution is 1.99. The van der Waals surface area contributed by atoms with E-state index in [1.165, 1.54) is 0 Å².